The number of nitro benzene ring substituents is 1. The quantitative estimate of drug-likeness (QED) is 0.382. The minimum absolute atomic E-state index is 0.0260. The molecular weight excluding hydrogens is 376 g/mol. The van der Waals surface area contributed by atoms with Crippen LogP contribution in [0.5, 0.6) is 17.2 Å². The van der Waals surface area contributed by atoms with Crippen molar-refractivity contribution < 1.29 is 19.1 Å². The number of ether oxygens (including phenoxy) is 3. The molecule has 140 valence electrons. The average molecular weight is 391 g/mol. The summed E-state index contributed by atoms with van der Waals surface area (Å²) in [5, 5.41) is 14.7. The molecule has 27 heavy (non-hydrogen) atoms. The van der Waals surface area contributed by atoms with Crippen molar-refractivity contribution in [1.29, 1.82) is 0 Å². The van der Waals surface area contributed by atoms with E-state index < -0.39 is 4.92 Å². The van der Waals surface area contributed by atoms with Crippen LogP contribution in [0.25, 0.3) is 10.9 Å². The number of fused-ring (bicyclic) bond motifs is 1. The summed E-state index contributed by atoms with van der Waals surface area (Å²) >= 11 is 6.04. The summed E-state index contributed by atoms with van der Waals surface area (Å²) in [5.74, 6) is 1.67. The molecule has 0 aliphatic carbocycles. The van der Waals surface area contributed by atoms with Crippen molar-refractivity contribution in [1.82, 2.24) is 9.97 Å². The SMILES string of the molecule is COc1cc([N+](=O)[O-])ccc1Nc1nc(Cl)nc2cc(OC)c(OC)cc12. The van der Waals surface area contributed by atoms with E-state index in [0.29, 0.717) is 33.9 Å². The van der Waals surface area contributed by atoms with E-state index in [0.717, 1.165) is 0 Å². The Hall–Kier alpha value is -3.33. The Morgan fingerprint density at radius 3 is 2.30 bits per heavy atom. The van der Waals surface area contributed by atoms with E-state index in [1.54, 1.807) is 12.1 Å². The molecule has 0 saturated heterocycles. The third-order valence-corrected chi connectivity index (χ3v) is 3.99. The first-order valence-electron chi connectivity index (χ1n) is 7.65. The van der Waals surface area contributed by atoms with Gasteiger partial charge in [0.1, 0.15) is 11.6 Å². The highest BCUT2D eigenvalue weighted by molar-refractivity contribution is 6.28. The summed E-state index contributed by atoms with van der Waals surface area (Å²) < 4.78 is 15.9. The van der Waals surface area contributed by atoms with Gasteiger partial charge in [0.2, 0.25) is 5.28 Å². The van der Waals surface area contributed by atoms with Crippen LogP contribution >= 0.6 is 11.6 Å². The predicted octanol–water partition coefficient (Wildman–Crippen LogP) is 3.96. The first kappa shape index (κ1) is 18.5. The van der Waals surface area contributed by atoms with Crippen LogP contribution in [-0.4, -0.2) is 36.2 Å². The number of rotatable bonds is 6. The van der Waals surface area contributed by atoms with Crippen LogP contribution in [0.4, 0.5) is 17.2 Å². The van der Waals surface area contributed by atoms with Gasteiger partial charge in [-0.3, -0.25) is 10.1 Å². The Morgan fingerprint density at radius 1 is 1.00 bits per heavy atom. The summed E-state index contributed by atoms with van der Waals surface area (Å²) in [4.78, 5) is 18.9. The van der Waals surface area contributed by atoms with Crippen LogP contribution in [0.2, 0.25) is 5.28 Å². The zero-order chi connectivity index (χ0) is 19.6. The van der Waals surface area contributed by atoms with Gasteiger partial charge in [0.25, 0.3) is 5.69 Å². The van der Waals surface area contributed by atoms with Gasteiger partial charge in [0.15, 0.2) is 11.5 Å². The Balaban J connectivity index is 2.13. The lowest BCUT2D eigenvalue weighted by Crippen LogP contribution is -2.01. The summed E-state index contributed by atoms with van der Waals surface area (Å²) in [6.45, 7) is 0. The van der Waals surface area contributed by atoms with Crippen LogP contribution in [0.1, 0.15) is 0 Å². The molecule has 0 fully saturated rings. The highest BCUT2D eigenvalue weighted by atomic mass is 35.5. The van der Waals surface area contributed by atoms with Crippen molar-refractivity contribution in [3.63, 3.8) is 0 Å². The van der Waals surface area contributed by atoms with Crippen molar-refractivity contribution in [2.75, 3.05) is 26.6 Å². The number of nitro groups is 1. The second-order valence-electron chi connectivity index (χ2n) is 5.33. The van der Waals surface area contributed by atoms with Crippen LogP contribution < -0.4 is 19.5 Å². The van der Waals surface area contributed by atoms with Crippen molar-refractivity contribution >= 4 is 39.7 Å². The summed E-state index contributed by atoms with van der Waals surface area (Å²) in [5.41, 5.74) is 0.930. The zero-order valence-corrected chi connectivity index (χ0v) is 15.4. The van der Waals surface area contributed by atoms with E-state index in [-0.39, 0.29) is 16.7 Å². The van der Waals surface area contributed by atoms with E-state index in [1.807, 2.05) is 0 Å². The molecule has 0 spiro atoms. The Bertz CT molecular complexity index is 1030. The fourth-order valence-corrected chi connectivity index (χ4v) is 2.72. The van der Waals surface area contributed by atoms with Gasteiger partial charge in [0.05, 0.1) is 43.5 Å². The Labute approximate surface area is 159 Å². The number of non-ortho nitro benzene ring substituents is 1. The van der Waals surface area contributed by atoms with E-state index in [4.69, 9.17) is 25.8 Å². The first-order valence-corrected chi connectivity index (χ1v) is 8.03. The molecular formula is C17H15ClN4O5. The van der Waals surface area contributed by atoms with E-state index in [2.05, 4.69) is 15.3 Å². The fraction of sp³-hybridized carbons (Fsp3) is 0.176. The number of hydrogen-bond acceptors (Lipinski definition) is 8. The predicted molar refractivity (Wildman–Crippen MR) is 101 cm³/mol. The lowest BCUT2D eigenvalue weighted by atomic mass is 10.2. The minimum atomic E-state index is -0.500. The molecule has 10 heteroatoms. The van der Waals surface area contributed by atoms with Gasteiger partial charge >= 0.3 is 0 Å². The van der Waals surface area contributed by atoms with Gasteiger partial charge in [-0.1, -0.05) is 0 Å². The number of aromatic nitrogens is 2. The van der Waals surface area contributed by atoms with Crippen LogP contribution in [0.3, 0.4) is 0 Å². The number of nitrogens with zero attached hydrogens (tertiary/aromatic N) is 3. The Kier molecular flexibility index (Phi) is 5.13. The topological polar surface area (TPSA) is 109 Å². The lowest BCUT2D eigenvalue weighted by Gasteiger charge is -2.14. The number of halogens is 1. The molecule has 1 heterocycles. The van der Waals surface area contributed by atoms with Crippen molar-refractivity contribution in [2.45, 2.75) is 0 Å². The molecule has 0 bridgehead atoms. The van der Waals surface area contributed by atoms with Gasteiger partial charge in [-0.2, -0.15) is 4.98 Å². The molecule has 0 amide bonds. The first-order chi connectivity index (χ1) is 13.0. The van der Waals surface area contributed by atoms with Crippen LogP contribution in [0, 0.1) is 10.1 Å². The molecule has 0 aliphatic rings. The van der Waals surface area contributed by atoms with Crippen molar-refractivity contribution in [2.24, 2.45) is 0 Å². The smallest absolute Gasteiger partial charge is 0.273 e. The van der Waals surface area contributed by atoms with E-state index in [9.17, 15) is 10.1 Å². The number of benzene rings is 2. The van der Waals surface area contributed by atoms with Crippen molar-refractivity contribution in [3.8, 4) is 17.2 Å². The molecule has 2 aromatic carbocycles. The fourth-order valence-electron chi connectivity index (χ4n) is 2.55. The average Bonchev–Trinajstić information content (AvgIpc) is 2.66. The number of anilines is 2. The molecule has 0 aliphatic heterocycles. The summed E-state index contributed by atoms with van der Waals surface area (Å²) in [7, 11) is 4.46. The molecule has 0 unspecified atom stereocenters. The van der Waals surface area contributed by atoms with Crippen molar-refractivity contribution in [3.05, 3.63) is 45.7 Å². The lowest BCUT2D eigenvalue weighted by molar-refractivity contribution is -0.384. The number of methoxy groups -OCH3 is 3. The Morgan fingerprint density at radius 2 is 1.67 bits per heavy atom. The highest BCUT2D eigenvalue weighted by Crippen LogP contribution is 2.37. The van der Waals surface area contributed by atoms with Gasteiger partial charge < -0.3 is 19.5 Å². The van der Waals surface area contributed by atoms with Crippen LogP contribution in [0.15, 0.2) is 30.3 Å². The normalized spacial score (nSPS) is 10.5. The minimum Gasteiger partial charge on any atom is -0.494 e. The molecule has 1 aromatic heterocycles. The second-order valence-corrected chi connectivity index (χ2v) is 5.67. The standard InChI is InChI=1S/C17H15ClN4O5/c1-25-13-6-9(22(23)24)4-5-11(13)19-16-10-7-14(26-2)15(27-3)8-12(10)20-17(18)21-16/h4-8H,1-3H3,(H,19,20,21). The molecule has 0 saturated carbocycles. The maximum absolute atomic E-state index is 11.0. The van der Waals surface area contributed by atoms with Crippen LogP contribution in [-0.2, 0) is 0 Å². The van der Waals surface area contributed by atoms with E-state index in [1.165, 1.54) is 39.5 Å². The largest absolute Gasteiger partial charge is 0.494 e. The van der Waals surface area contributed by atoms with Gasteiger partial charge in [-0.05, 0) is 23.7 Å². The molecule has 0 radical (unpaired) electrons. The number of hydrogen-bond donors (Lipinski definition) is 1. The van der Waals surface area contributed by atoms with Gasteiger partial charge in [-0.15, -0.1) is 0 Å². The maximum atomic E-state index is 11.0. The third-order valence-electron chi connectivity index (χ3n) is 3.82. The molecule has 0 atom stereocenters. The maximum Gasteiger partial charge on any atom is 0.273 e. The number of nitrogens with one attached hydrogen (secondary N) is 1. The second kappa shape index (κ2) is 7.50. The summed E-state index contributed by atoms with van der Waals surface area (Å²) in [6.07, 6.45) is 0. The molecule has 9 nitrogen and oxygen atoms in total. The monoisotopic (exact) mass is 390 g/mol. The third kappa shape index (κ3) is 3.63. The zero-order valence-electron chi connectivity index (χ0n) is 14.6. The molecule has 1 N–H and O–H groups in total. The summed E-state index contributed by atoms with van der Waals surface area (Å²) in [6, 6.07) is 7.60. The van der Waals surface area contributed by atoms with E-state index >= 15 is 0 Å². The highest BCUT2D eigenvalue weighted by Gasteiger charge is 2.16. The van der Waals surface area contributed by atoms with Gasteiger partial charge in [0, 0.05) is 17.5 Å². The molecule has 3 rings (SSSR count). The van der Waals surface area contributed by atoms with Gasteiger partial charge in [-0.25, -0.2) is 4.98 Å². The molecule has 3 aromatic rings.